The van der Waals surface area contributed by atoms with Gasteiger partial charge in [-0.2, -0.15) is 10.5 Å². The van der Waals surface area contributed by atoms with Crippen LogP contribution in [0.25, 0.3) is 5.57 Å². The molecule has 0 spiro atoms. The molecule has 0 unspecified atom stereocenters. The number of ketones is 1. The zero-order valence-corrected chi connectivity index (χ0v) is 19.9. The van der Waals surface area contributed by atoms with Gasteiger partial charge in [0.25, 0.3) is 0 Å². The molecule has 0 saturated heterocycles. The molecule has 172 valence electrons. The van der Waals surface area contributed by atoms with Crippen LogP contribution in [0.2, 0.25) is 5.02 Å². The molecular formula is C31H20ClN3O. The van der Waals surface area contributed by atoms with Gasteiger partial charge in [-0.15, -0.1) is 0 Å². The third-order valence-electron chi connectivity index (χ3n) is 6.45. The molecule has 36 heavy (non-hydrogen) atoms. The van der Waals surface area contributed by atoms with Crippen molar-refractivity contribution < 1.29 is 4.79 Å². The van der Waals surface area contributed by atoms with E-state index in [1.54, 1.807) is 12.1 Å². The first-order valence-electron chi connectivity index (χ1n) is 11.5. The summed E-state index contributed by atoms with van der Waals surface area (Å²) in [5.41, 5.74) is 4.28. The number of carbonyl (C=O) groups is 1. The van der Waals surface area contributed by atoms with E-state index < -0.39 is 12.0 Å². The number of halogens is 1. The lowest BCUT2D eigenvalue weighted by Crippen LogP contribution is -2.37. The van der Waals surface area contributed by atoms with Gasteiger partial charge in [-0.25, -0.2) is 0 Å². The number of nitriles is 2. The Labute approximate surface area is 215 Å². The Morgan fingerprint density at radius 3 is 2.03 bits per heavy atom. The Bertz CT molecular complexity index is 1500. The van der Waals surface area contributed by atoms with Crippen molar-refractivity contribution in [3.8, 4) is 12.1 Å². The van der Waals surface area contributed by atoms with Crippen LogP contribution in [-0.4, -0.2) is 16.7 Å². The number of Topliss-reactive ketones (excluding diaryl/α,β-unsaturated/α-hetero) is 1. The van der Waals surface area contributed by atoms with Gasteiger partial charge in [0, 0.05) is 34.0 Å². The second-order valence-electron chi connectivity index (χ2n) is 8.45. The van der Waals surface area contributed by atoms with Crippen molar-refractivity contribution in [3.63, 3.8) is 0 Å². The van der Waals surface area contributed by atoms with Gasteiger partial charge in [0.15, 0.2) is 5.78 Å². The van der Waals surface area contributed by atoms with Crippen LogP contribution in [0.1, 0.15) is 27.4 Å². The summed E-state index contributed by atoms with van der Waals surface area (Å²) in [5, 5.41) is 20.5. The number of allylic oxidation sites excluding steroid dienone is 5. The maximum atomic E-state index is 14.1. The first-order chi connectivity index (χ1) is 17.6. The number of carbonyl (C=O) groups excluding carboxylic acids is 1. The van der Waals surface area contributed by atoms with Crippen molar-refractivity contribution >= 4 is 23.0 Å². The lowest BCUT2D eigenvalue weighted by Gasteiger charge is -2.29. The molecule has 5 heteroatoms. The average Bonchev–Trinajstić information content (AvgIpc) is 3.27. The summed E-state index contributed by atoms with van der Waals surface area (Å²) in [4.78, 5) is 16.0. The maximum Gasteiger partial charge on any atom is 0.186 e. The molecule has 0 amide bonds. The average molecular weight is 486 g/mol. The Kier molecular flexibility index (Phi) is 6.37. The molecule has 5 rings (SSSR count). The van der Waals surface area contributed by atoms with Crippen molar-refractivity contribution in [2.45, 2.75) is 12.0 Å². The predicted octanol–water partition coefficient (Wildman–Crippen LogP) is 6.83. The zero-order chi connectivity index (χ0) is 25.1. The van der Waals surface area contributed by atoms with Crippen LogP contribution < -0.4 is 0 Å². The van der Waals surface area contributed by atoms with E-state index in [9.17, 15) is 15.3 Å². The van der Waals surface area contributed by atoms with Crippen LogP contribution in [0.4, 0.5) is 0 Å². The van der Waals surface area contributed by atoms with Crippen molar-refractivity contribution in [2.24, 2.45) is 0 Å². The van der Waals surface area contributed by atoms with Gasteiger partial charge in [-0.1, -0.05) is 90.5 Å². The fourth-order valence-corrected chi connectivity index (χ4v) is 5.06. The molecule has 3 aromatic rings. The van der Waals surface area contributed by atoms with Crippen molar-refractivity contribution in [1.29, 1.82) is 10.5 Å². The molecule has 2 heterocycles. The number of rotatable bonds is 5. The normalized spacial score (nSPS) is 17.8. The quantitative estimate of drug-likeness (QED) is 0.293. The van der Waals surface area contributed by atoms with Gasteiger partial charge in [0.2, 0.25) is 0 Å². The van der Waals surface area contributed by atoms with Gasteiger partial charge < -0.3 is 4.90 Å². The lowest BCUT2D eigenvalue weighted by atomic mass is 9.78. The molecule has 0 bridgehead atoms. The highest BCUT2D eigenvalue weighted by atomic mass is 35.5. The smallest absolute Gasteiger partial charge is 0.186 e. The molecule has 2 aliphatic heterocycles. The zero-order valence-electron chi connectivity index (χ0n) is 19.2. The minimum absolute atomic E-state index is 0.00150. The Morgan fingerprint density at radius 1 is 0.806 bits per heavy atom. The van der Waals surface area contributed by atoms with Crippen LogP contribution in [-0.2, 0) is 0 Å². The SMILES string of the molecule is N#CC(C#N)=C(C1=C2C=CC=CN2[C@H](C(=O)c2ccccc2)[C@@H]1c1ccc(Cl)cc1)c1ccccc1. The summed E-state index contributed by atoms with van der Waals surface area (Å²) in [6, 6.07) is 29.6. The Balaban J connectivity index is 1.82. The molecule has 0 fully saturated rings. The third-order valence-corrected chi connectivity index (χ3v) is 6.71. The minimum Gasteiger partial charge on any atom is -0.336 e. The van der Waals surface area contributed by atoms with Crippen LogP contribution >= 0.6 is 11.6 Å². The number of hydrogen-bond acceptors (Lipinski definition) is 4. The van der Waals surface area contributed by atoms with Crippen LogP contribution in [0, 0.1) is 22.7 Å². The molecule has 0 aromatic heterocycles. The molecule has 3 aromatic carbocycles. The van der Waals surface area contributed by atoms with E-state index in [0.717, 1.165) is 22.4 Å². The second-order valence-corrected chi connectivity index (χ2v) is 8.89. The molecule has 2 aliphatic rings. The lowest BCUT2D eigenvalue weighted by molar-refractivity contribution is 0.0897. The highest BCUT2D eigenvalue weighted by Gasteiger charge is 2.46. The first kappa shape index (κ1) is 23.1. The summed E-state index contributed by atoms with van der Waals surface area (Å²) in [7, 11) is 0. The van der Waals surface area contributed by atoms with Gasteiger partial charge in [-0.3, -0.25) is 4.79 Å². The van der Waals surface area contributed by atoms with Gasteiger partial charge >= 0.3 is 0 Å². The molecule has 0 saturated carbocycles. The molecule has 4 nitrogen and oxygen atoms in total. The van der Waals surface area contributed by atoms with Gasteiger partial charge in [0.1, 0.15) is 23.8 Å². The number of nitrogens with zero attached hydrogens (tertiary/aromatic N) is 3. The van der Waals surface area contributed by atoms with Crippen LogP contribution in [0.5, 0.6) is 0 Å². The topological polar surface area (TPSA) is 67.9 Å². The highest BCUT2D eigenvalue weighted by molar-refractivity contribution is 6.30. The van der Waals surface area contributed by atoms with E-state index in [1.807, 2.05) is 102 Å². The standard InChI is InChI=1S/C31H20ClN3O/c32-25-16-14-22(15-17-25)28-29(27(24(19-33)20-34)21-9-3-1-4-10-21)26-13-7-8-18-35(26)30(28)31(36)23-11-5-2-6-12-23/h1-18,28,30H/t28-,30+/m1/s1. The van der Waals surface area contributed by atoms with Crippen molar-refractivity contribution in [1.82, 2.24) is 4.90 Å². The fraction of sp³-hybridized carbons (Fsp3) is 0.0645. The number of benzene rings is 3. The van der Waals surface area contributed by atoms with Crippen molar-refractivity contribution in [3.05, 3.63) is 148 Å². The monoisotopic (exact) mass is 485 g/mol. The van der Waals surface area contributed by atoms with E-state index in [4.69, 9.17) is 11.6 Å². The van der Waals surface area contributed by atoms with Crippen molar-refractivity contribution in [2.75, 3.05) is 0 Å². The molecule has 0 aliphatic carbocycles. The van der Waals surface area contributed by atoms with Gasteiger partial charge in [0.05, 0.1) is 0 Å². The summed E-state index contributed by atoms with van der Waals surface area (Å²) in [6.07, 6.45) is 7.61. The highest BCUT2D eigenvalue weighted by Crippen LogP contribution is 2.50. The van der Waals surface area contributed by atoms with E-state index >= 15 is 0 Å². The minimum atomic E-state index is -0.614. The second kappa shape index (κ2) is 9.92. The predicted molar refractivity (Wildman–Crippen MR) is 140 cm³/mol. The molecule has 2 atom stereocenters. The largest absolute Gasteiger partial charge is 0.336 e. The maximum absolute atomic E-state index is 14.1. The van der Waals surface area contributed by atoms with E-state index in [2.05, 4.69) is 12.1 Å². The Morgan fingerprint density at radius 2 is 1.42 bits per heavy atom. The summed E-state index contributed by atoms with van der Waals surface area (Å²) in [6.45, 7) is 0. The summed E-state index contributed by atoms with van der Waals surface area (Å²) >= 11 is 6.22. The summed E-state index contributed by atoms with van der Waals surface area (Å²) < 4.78 is 0. The van der Waals surface area contributed by atoms with E-state index in [0.29, 0.717) is 16.2 Å². The fourth-order valence-electron chi connectivity index (χ4n) is 4.93. The van der Waals surface area contributed by atoms with E-state index in [-0.39, 0.29) is 11.4 Å². The van der Waals surface area contributed by atoms with E-state index in [1.165, 1.54) is 0 Å². The first-order valence-corrected chi connectivity index (χ1v) is 11.8. The van der Waals surface area contributed by atoms with Gasteiger partial charge in [-0.05, 0) is 41.0 Å². The van der Waals surface area contributed by atoms with Crippen LogP contribution in [0.15, 0.2) is 126 Å². The molecule has 0 N–H and O–H groups in total. The third kappa shape index (κ3) is 4.05. The molecule has 0 radical (unpaired) electrons. The molecular weight excluding hydrogens is 466 g/mol. The number of hydrogen-bond donors (Lipinski definition) is 0. The Hall–Kier alpha value is -4.64. The van der Waals surface area contributed by atoms with Crippen LogP contribution in [0.3, 0.4) is 0 Å². The summed E-state index contributed by atoms with van der Waals surface area (Å²) in [5.74, 6) is -0.504. The number of fused-ring (bicyclic) bond motifs is 1.